The number of anilines is 1. The molecule has 4 aromatic rings. The van der Waals surface area contributed by atoms with Gasteiger partial charge in [-0.05, 0) is 18.9 Å². The van der Waals surface area contributed by atoms with Crippen molar-refractivity contribution in [2.45, 2.75) is 25.4 Å². The topological polar surface area (TPSA) is 104 Å². The minimum Gasteiger partial charge on any atom is -0.378 e. The van der Waals surface area contributed by atoms with Crippen molar-refractivity contribution < 1.29 is 4.74 Å². The molecule has 3 aromatic heterocycles. The number of nitrogens with two attached hydrogens (primary N) is 1. The Bertz CT molecular complexity index is 1110. The van der Waals surface area contributed by atoms with Gasteiger partial charge in [0.15, 0.2) is 11.5 Å². The monoisotopic (exact) mass is 373 g/mol. The van der Waals surface area contributed by atoms with Crippen molar-refractivity contribution in [2.24, 2.45) is 0 Å². The van der Waals surface area contributed by atoms with Gasteiger partial charge in [-0.3, -0.25) is 0 Å². The molecule has 0 saturated carbocycles. The molecule has 1 fully saturated rings. The number of hydrogen-bond acceptors (Lipinski definition) is 7. The van der Waals surface area contributed by atoms with E-state index in [1.165, 1.54) is 0 Å². The lowest BCUT2D eigenvalue weighted by atomic mass is 10.0. The molecule has 140 valence electrons. The van der Waals surface area contributed by atoms with Crippen molar-refractivity contribution >= 4 is 11.6 Å². The molecular formula is C20H19N7O. The minimum atomic E-state index is 0.159. The first-order valence-corrected chi connectivity index (χ1v) is 9.29. The molecule has 1 aromatic carbocycles. The van der Waals surface area contributed by atoms with Crippen molar-refractivity contribution in [3.05, 3.63) is 54.6 Å². The average molecular weight is 373 g/mol. The predicted octanol–water partition coefficient (Wildman–Crippen LogP) is 2.55. The maximum Gasteiger partial charge on any atom is 0.223 e. The van der Waals surface area contributed by atoms with Crippen molar-refractivity contribution in [1.82, 2.24) is 29.8 Å². The molecule has 0 amide bonds. The van der Waals surface area contributed by atoms with Crippen LogP contribution in [0, 0.1) is 0 Å². The maximum atomic E-state index is 6.25. The third-order valence-electron chi connectivity index (χ3n) is 4.91. The van der Waals surface area contributed by atoms with Gasteiger partial charge in [0, 0.05) is 24.2 Å². The van der Waals surface area contributed by atoms with E-state index in [9.17, 15) is 0 Å². The van der Waals surface area contributed by atoms with Gasteiger partial charge in [-0.25, -0.2) is 9.97 Å². The lowest BCUT2D eigenvalue weighted by molar-refractivity contribution is 0.110. The van der Waals surface area contributed by atoms with Crippen molar-refractivity contribution in [3.63, 3.8) is 0 Å². The van der Waals surface area contributed by atoms with Crippen LogP contribution in [0.2, 0.25) is 0 Å². The maximum absolute atomic E-state index is 6.25. The summed E-state index contributed by atoms with van der Waals surface area (Å²) in [7, 11) is 0. The Kier molecular flexibility index (Phi) is 4.17. The van der Waals surface area contributed by atoms with Crippen LogP contribution in [0.3, 0.4) is 0 Å². The van der Waals surface area contributed by atoms with Crippen molar-refractivity contribution in [3.8, 4) is 22.4 Å². The van der Waals surface area contributed by atoms with Gasteiger partial charge in [0.2, 0.25) is 5.95 Å². The van der Waals surface area contributed by atoms with E-state index in [4.69, 9.17) is 15.5 Å². The Hall–Kier alpha value is -3.39. The van der Waals surface area contributed by atoms with Crippen LogP contribution in [0.1, 0.15) is 18.7 Å². The predicted molar refractivity (Wildman–Crippen MR) is 104 cm³/mol. The summed E-state index contributed by atoms with van der Waals surface area (Å²) in [6, 6.07) is 11.8. The summed E-state index contributed by atoms with van der Waals surface area (Å²) in [5.41, 5.74) is 10.3. The zero-order chi connectivity index (χ0) is 18.9. The molecule has 0 spiro atoms. The van der Waals surface area contributed by atoms with E-state index in [-0.39, 0.29) is 6.10 Å². The van der Waals surface area contributed by atoms with Crippen LogP contribution < -0.4 is 5.73 Å². The molecule has 1 atom stereocenters. The van der Waals surface area contributed by atoms with E-state index in [0.717, 1.165) is 41.8 Å². The number of fused-ring (bicyclic) bond motifs is 1. The molecule has 0 unspecified atom stereocenters. The molecule has 0 bridgehead atoms. The molecule has 28 heavy (non-hydrogen) atoms. The number of benzene rings is 1. The second kappa shape index (κ2) is 6.97. The highest BCUT2D eigenvalue weighted by Gasteiger charge is 2.23. The highest BCUT2D eigenvalue weighted by molar-refractivity contribution is 5.90. The number of rotatable bonds is 4. The summed E-state index contributed by atoms with van der Waals surface area (Å²) < 4.78 is 7.34. The van der Waals surface area contributed by atoms with E-state index < -0.39 is 0 Å². The van der Waals surface area contributed by atoms with E-state index in [2.05, 4.69) is 20.3 Å². The smallest absolute Gasteiger partial charge is 0.223 e. The molecule has 8 nitrogen and oxygen atoms in total. The third kappa shape index (κ3) is 2.97. The number of ether oxygens (including phenoxy) is 1. The summed E-state index contributed by atoms with van der Waals surface area (Å²) in [6.07, 6.45) is 6.28. The van der Waals surface area contributed by atoms with E-state index in [0.29, 0.717) is 23.8 Å². The fourth-order valence-electron chi connectivity index (χ4n) is 3.60. The SMILES string of the molecule is Nc1nc(-c2ccccc2)c(-c2ccnnc2)c2nc(C[C@@H]3CCCO3)nn12. The van der Waals surface area contributed by atoms with E-state index in [1.807, 2.05) is 36.4 Å². The second-order valence-corrected chi connectivity index (χ2v) is 6.79. The van der Waals surface area contributed by atoms with Crippen LogP contribution in [0.25, 0.3) is 28.0 Å². The van der Waals surface area contributed by atoms with Crippen LogP contribution in [0.5, 0.6) is 0 Å². The molecule has 0 aliphatic carbocycles. The van der Waals surface area contributed by atoms with Crippen LogP contribution in [-0.2, 0) is 11.2 Å². The van der Waals surface area contributed by atoms with Gasteiger partial charge >= 0.3 is 0 Å². The lowest BCUT2D eigenvalue weighted by Crippen LogP contribution is -2.10. The Morgan fingerprint density at radius 2 is 1.96 bits per heavy atom. The Morgan fingerprint density at radius 3 is 2.71 bits per heavy atom. The molecule has 4 heterocycles. The van der Waals surface area contributed by atoms with Gasteiger partial charge in [-0.2, -0.15) is 14.7 Å². The first-order chi connectivity index (χ1) is 13.8. The van der Waals surface area contributed by atoms with Crippen LogP contribution in [-0.4, -0.2) is 42.5 Å². The highest BCUT2D eigenvalue weighted by atomic mass is 16.5. The summed E-state index contributed by atoms with van der Waals surface area (Å²) in [6.45, 7) is 0.799. The molecule has 2 N–H and O–H groups in total. The number of nitrogen functional groups attached to an aromatic ring is 1. The van der Waals surface area contributed by atoms with Crippen molar-refractivity contribution in [1.29, 1.82) is 0 Å². The van der Waals surface area contributed by atoms with Gasteiger partial charge in [-0.15, -0.1) is 5.10 Å². The molecule has 1 saturated heterocycles. The normalized spacial score (nSPS) is 16.6. The lowest BCUT2D eigenvalue weighted by Gasteiger charge is -2.11. The first kappa shape index (κ1) is 16.8. The Morgan fingerprint density at radius 1 is 1.07 bits per heavy atom. The summed E-state index contributed by atoms with van der Waals surface area (Å²) >= 11 is 0. The summed E-state index contributed by atoms with van der Waals surface area (Å²) in [4.78, 5) is 9.46. The number of hydrogen-bond donors (Lipinski definition) is 1. The van der Waals surface area contributed by atoms with Gasteiger partial charge < -0.3 is 10.5 Å². The van der Waals surface area contributed by atoms with Crippen molar-refractivity contribution in [2.75, 3.05) is 12.3 Å². The fraction of sp³-hybridized carbons (Fsp3) is 0.250. The minimum absolute atomic E-state index is 0.159. The van der Waals surface area contributed by atoms with Gasteiger partial charge in [0.1, 0.15) is 0 Å². The summed E-state index contributed by atoms with van der Waals surface area (Å²) in [5.74, 6) is 1.000. The number of aromatic nitrogens is 6. The largest absolute Gasteiger partial charge is 0.378 e. The quantitative estimate of drug-likeness (QED) is 0.586. The molecule has 1 aliphatic rings. The van der Waals surface area contributed by atoms with E-state index in [1.54, 1.807) is 16.9 Å². The molecule has 8 heteroatoms. The third-order valence-corrected chi connectivity index (χ3v) is 4.91. The second-order valence-electron chi connectivity index (χ2n) is 6.79. The average Bonchev–Trinajstić information content (AvgIpc) is 3.40. The van der Waals surface area contributed by atoms with Gasteiger partial charge in [0.25, 0.3) is 0 Å². The van der Waals surface area contributed by atoms with Crippen LogP contribution in [0.15, 0.2) is 48.8 Å². The zero-order valence-corrected chi connectivity index (χ0v) is 15.2. The molecular weight excluding hydrogens is 354 g/mol. The Balaban J connectivity index is 1.73. The standard InChI is InChI=1S/C20H19N7O/c21-20-25-18(13-5-2-1-3-6-13)17(14-8-9-22-23-12-14)19-24-16(26-27(19)20)11-15-7-4-10-28-15/h1-3,5-6,8-9,12,15H,4,7,10-11H2,(H2,21,25)/t15-/m0/s1. The molecule has 1 aliphatic heterocycles. The summed E-state index contributed by atoms with van der Waals surface area (Å²) in [5, 5.41) is 12.5. The van der Waals surface area contributed by atoms with Gasteiger partial charge in [-0.1, -0.05) is 30.3 Å². The van der Waals surface area contributed by atoms with Gasteiger partial charge in [0.05, 0.1) is 29.8 Å². The van der Waals surface area contributed by atoms with Crippen LogP contribution in [0.4, 0.5) is 5.95 Å². The Labute approximate surface area is 161 Å². The molecule has 0 radical (unpaired) electrons. The number of nitrogens with zero attached hydrogens (tertiary/aromatic N) is 6. The zero-order valence-electron chi connectivity index (χ0n) is 15.2. The van der Waals surface area contributed by atoms with E-state index >= 15 is 0 Å². The van der Waals surface area contributed by atoms with Crippen LogP contribution >= 0.6 is 0 Å². The first-order valence-electron chi connectivity index (χ1n) is 9.29. The molecule has 5 rings (SSSR count). The highest BCUT2D eigenvalue weighted by Crippen LogP contribution is 2.34. The fourth-order valence-corrected chi connectivity index (χ4v) is 3.60.